The molecule has 0 aromatic heterocycles. The van der Waals surface area contributed by atoms with Gasteiger partial charge < -0.3 is 18.9 Å². The van der Waals surface area contributed by atoms with Gasteiger partial charge in [-0.15, -0.1) is 0 Å². The van der Waals surface area contributed by atoms with Crippen molar-refractivity contribution in [3.05, 3.63) is 0 Å². The van der Waals surface area contributed by atoms with E-state index in [2.05, 4.69) is 46.6 Å². The molecule has 0 aromatic rings. The quantitative estimate of drug-likeness (QED) is 0.154. The lowest BCUT2D eigenvalue weighted by Crippen LogP contribution is -2.60. The molecule has 9 nitrogen and oxygen atoms in total. The summed E-state index contributed by atoms with van der Waals surface area (Å²) in [5.74, 6) is 2.35. The van der Waals surface area contributed by atoms with Crippen LogP contribution in [0.15, 0.2) is 5.16 Å². The molecular weight excluding hydrogens is 550 g/mol. The van der Waals surface area contributed by atoms with Crippen LogP contribution in [0.5, 0.6) is 0 Å². The molecule has 4 aliphatic heterocycles. The summed E-state index contributed by atoms with van der Waals surface area (Å²) in [6.07, 6.45) is 7.41. The molecule has 6 rings (SSSR count). The van der Waals surface area contributed by atoms with Crippen LogP contribution < -0.4 is 0 Å². The van der Waals surface area contributed by atoms with E-state index in [9.17, 15) is 4.79 Å². The third-order valence-electron chi connectivity index (χ3n) is 12.6. The van der Waals surface area contributed by atoms with E-state index >= 15 is 0 Å². The Balaban J connectivity index is 1.48. The lowest BCUT2D eigenvalue weighted by Gasteiger charge is -2.55. The van der Waals surface area contributed by atoms with Gasteiger partial charge in [-0.25, -0.2) is 9.22 Å². The number of nitrogens with zero attached hydrogens (tertiary/aromatic N) is 1. The van der Waals surface area contributed by atoms with Crippen molar-refractivity contribution < 1.29 is 37.7 Å². The van der Waals surface area contributed by atoms with Crippen LogP contribution in [0.3, 0.4) is 0 Å². The Hall–Kier alpha value is -1.55. The predicted octanol–water partition coefficient (Wildman–Crippen LogP) is 6.64. The Bertz CT molecular complexity index is 1050. The van der Waals surface area contributed by atoms with Crippen LogP contribution in [0.2, 0.25) is 0 Å². The van der Waals surface area contributed by atoms with E-state index < -0.39 is 24.3 Å². The third kappa shape index (κ3) is 5.70. The summed E-state index contributed by atoms with van der Waals surface area (Å²) in [5, 5.41) is 4.37. The third-order valence-corrected chi connectivity index (χ3v) is 12.6. The van der Waals surface area contributed by atoms with Gasteiger partial charge >= 0.3 is 11.9 Å². The van der Waals surface area contributed by atoms with Gasteiger partial charge in [-0.3, -0.25) is 9.57 Å². The molecule has 6 aliphatic rings. The zero-order chi connectivity index (χ0) is 30.5. The molecule has 0 amide bonds. The minimum Gasteiger partial charge on any atom is -0.436 e. The summed E-state index contributed by atoms with van der Waals surface area (Å²) < 4.78 is 39.0. The second-order valence-corrected chi connectivity index (χ2v) is 14.6. The Morgan fingerprint density at radius 3 is 2.53 bits per heavy atom. The summed E-state index contributed by atoms with van der Waals surface area (Å²) in [6, 6.07) is 0. The summed E-state index contributed by atoms with van der Waals surface area (Å²) in [4.78, 5) is 17.3. The SMILES string of the molecule is C=[O+]C12CCC3C(C)CCCC3C(OC(CC)C(=NOC(=O)OC)CC3OC4OC(C)CCC5C(C)C1CC(C3C)C45)O2. The first kappa shape index (κ1) is 31.4. The topological polar surface area (TPSA) is 96.1 Å². The number of oxime groups is 1. The van der Waals surface area contributed by atoms with Gasteiger partial charge in [0.25, 0.3) is 6.79 Å². The van der Waals surface area contributed by atoms with Gasteiger partial charge in [0, 0.05) is 18.3 Å². The van der Waals surface area contributed by atoms with Crippen LogP contribution in [0.1, 0.15) is 98.8 Å². The molecule has 6 fully saturated rings. The molecular formula is C34H54NO8+. The van der Waals surface area contributed by atoms with E-state index in [1.54, 1.807) is 0 Å². The zero-order valence-corrected chi connectivity index (χ0v) is 27.1. The molecule has 0 N–H and O–H groups in total. The second kappa shape index (κ2) is 12.7. The van der Waals surface area contributed by atoms with Gasteiger partial charge in [-0.1, -0.05) is 45.7 Å². The van der Waals surface area contributed by atoms with Crippen molar-refractivity contribution in [3.63, 3.8) is 0 Å². The van der Waals surface area contributed by atoms with Crippen molar-refractivity contribution in [1.82, 2.24) is 0 Å². The number of hydrogen-bond donors (Lipinski definition) is 0. The van der Waals surface area contributed by atoms with Crippen molar-refractivity contribution in [2.75, 3.05) is 7.11 Å². The molecule has 15 atom stereocenters. The van der Waals surface area contributed by atoms with Gasteiger partial charge in [0.15, 0.2) is 12.6 Å². The smallest absolute Gasteiger partial charge is 0.436 e. The summed E-state index contributed by atoms with van der Waals surface area (Å²) >= 11 is 0. The molecule has 0 radical (unpaired) electrons. The van der Waals surface area contributed by atoms with Gasteiger partial charge in [0.2, 0.25) is 0 Å². The highest BCUT2D eigenvalue weighted by Crippen LogP contribution is 2.59. The van der Waals surface area contributed by atoms with E-state index in [1.165, 1.54) is 13.5 Å². The first-order chi connectivity index (χ1) is 20.7. The Kier molecular flexibility index (Phi) is 9.27. The fourth-order valence-electron chi connectivity index (χ4n) is 10.2. The highest BCUT2D eigenvalue weighted by atomic mass is 16.8. The molecule has 9 heteroatoms. The van der Waals surface area contributed by atoms with Crippen molar-refractivity contribution in [2.24, 2.45) is 58.4 Å². The first-order valence-electron chi connectivity index (χ1n) is 17.1. The fourth-order valence-corrected chi connectivity index (χ4v) is 10.2. The Labute approximate surface area is 257 Å². The lowest BCUT2D eigenvalue weighted by molar-refractivity contribution is -0.643. The van der Waals surface area contributed by atoms with Crippen LogP contribution in [0.4, 0.5) is 4.79 Å². The maximum absolute atomic E-state index is 12.1. The molecule has 242 valence electrons. The molecule has 43 heavy (non-hydrogen) atoms. The molecule has 4 saturated heterocycles. The number of hydrogen-bond acceptors (Lipinski definition) is 8. The zero-order valence-electron chi connectivity index (χ0n) is 27.1. The molecule has 0 spiro atoms. The van der Waals surface area contributed by atoms with Crippen molar-refractivity contribution in [2.45, 2.75) is 136 Å². The summed E-state index contributed by atoms with van der Waals surface area (Å²) in [7, 11) is 1.29. The number of carbonyl (C=O) groups is 1. The fraction of sp³-hybridized carbons (Fsp3) is 0.912. The van der Waals surface area contributed by atoms with Crippen LogP contribution in [-0.4, -0.2) is 62.4 Å². The minimum absolute atomic E-state index is 0.121. The van der Waals surface area contributed by atoms with E-state index in [-0.39, 0.29) is 36.3 Å². The Morgan fingerprint density at radius 1 is 0.977 bits per heavy atom. The normalized spacial score (nSPS) is 50.7. The number of carbonyl (C=O) groups excluding carboxylic acids is 2. The van der Waals surface area contributed by atoms with Crippen molar-refractivity contribution in [1.29, 1.82) is 0 Å². The van der Waals surface area contributed by atoms with E-state index in [0.29, 0.717) is 54.1 Å². The molecule has 2 aliphatic carbocycles. The average molecular weight is 605 g/mol. The maximum Gasteiger partial charge on any atom is 0.534 e. The van der Waals surface area contributed by atoms with Crippen molar-refractivity contribution >= 4 is 18.7 Å². The number of ether oxygens (including phenoxy) is 5. The van der Waals surface area contributed by atoms with E-state index in [1.807, 2.05) is 0 Å². The Morgan fingerprint density at radius 2 is 1.79 bits per heavy atom. The summed E-state index contributed by atoms with van der Waals surface area (Å²) in [6.45, 7) is 15.5. The largest absolute Gasteiger partial charge is 0.534 e. The van der Waals surface area contributed by atoms with Gasteiger partial charge in [-0.05, 0) is 81.0 Å². The average Bonchev–Trinajstić information content (AvgIpc) is 3.27. The molecule has 15 unspecified atom stereocenters. The van der Waals surface area contributed by atoms with Crippen LogP contribution in [0, 0.1) is 53.3 Å². The highest BCUT2D eigenvalue weighted by Gasteiger charge is 2.65. The molecule has 5 bridgehead atoms. The van der Waals surface area contributed by atoms with Crippen LogP contribution >= 0.6 is 0 Å². The molecule has 2 saturated carbocycles. The standard InChI is InChI=1S/C34H54NO8/c1-8-28-27(35-43-33(36)37-6)17-29-21(5)25-16-26(20(4)23-13-12-19(3)39-32(41-29)30(23)25)34(38-7)15-14-22-18(2)10-9-11-24(22)31(40-28)42-34/h18-26,28-32H,7-17H2,1-6H3/q+1. The maximum atomic E-state index is 12.1. The van der Waals surface area contributed by atoms with Crippen molar-refractivity contribution in [3.8, 4) is 0 Å². The second-order valence-electron chi connectivity index (χ2n) is 14.6. The number of rotatable bonds is 3. The molecule has 0 aromatic carbocycles. The predicted molar refractivity (Wildman–Crippen MR) is 160 cm³/mol. The van der Waals surface area contributed by atoms with Gasteiger partial charge in [0.05, 0.1) is 37.4 Å². The summed E-state index contributed by atoms with van der Waals surface area (Å²) in [5.41, 5.74) is 0.636. The first-order valence-corrected chi connectivity index (χ1v) is 17.1. The van der Waals surface area contributed by atoms with Gasteiger partial charge in [-0.2, -0.15) is 0 Å². The number of fused-ring (bicyclic) bond motifs is 7. The monoisotopic (exact) mass is 604 g/mol. The molecule has 4 heterocycles. The van der Waals surface area contributed by atoms with E-state index in [0.717, 1.165) is 44.9 Å². The van der Waals surface area contributed by atoms with Crippen LogP contribution in [0.25, 0.3) is 0 Å². The number of methoxy groups -OCH3 is 1. The minimum atomic E-state index is -0.851. The highest BCUT2D eigenvalue weighted by molar-refractivity contribution is 5.89. The van der Waals surface area contributed by atoms with Gasteiger partial charge in [0.1, 0.15) is 6.10 Å². The van der Waals surface area contributed by atoms with E-state index in [4.69, 9.17) is 32.9 Å². The van der Waals surface area contributed by atoms with Crippen LogP contribution in [-0.2, 0) is 32.9 Å². The lowest BCUT2D eigenvalue weighted by atomic mass is 9.55.